The van der Waals surface area contributed by atoms with Crippen LogP contribution in [0, 0.1) is 10.1 Å². The minimum atomic E-state index is -0.475. The highest BCUT2D eigenvalue weighted by atomic mass is 79.9. The standard InChI is InChI=1S/C13H16BrN3O3/c14-11-7-10(5-6-12(11)17(19)20)16-13(18)8-15-9-3-1-2-4-9/h5-7,9,15H,1-4,8H2,(H,16,18). The number of nitrogens with one attached hydrogen (secondary N) is 2. The predicted octanol–water partition coefficient (Wildman–Crippen LogP) is 2.83. The Morgan fingerprint density at radius 1 is 1.40 bits per heavy atom. The first-order valence-electron chi connectivity index (χ1n) is 6.53. The second kappa shape index (κ2) is 6.81. The third-order valence-corrected chi connectivity index (χ3v) is 3.97. The van der Waals surface area contributed by atoms with Gasteiger partial charge in [0.1, 0.15) is 0 Å². The van der Waals surface area contributed by atoms with Gasteiger partial charge < -0.3 is 10.6 Å². The Bertz CT molecular complexity index is 516. The first-order chi connectivity index (χ1) is 9.56. The maximum Gasteiger partial charge on any atom is 0.283 e. The van der Waals surface area contributed by atoms with Gasteiger partial charge in [0.2, 0.25) is 5.91 Å². The average Bonchev–Trinajstić information content (AvgIpc) is 2.89. The fraction of sp³-hybridized carbons (Fsp3) is 0.462. The fourth-order valence-electron chi connectivity index (χ4n) is 2.30. The lowest BCUT2D eigenvalue weighted by atomic mass is 10.2. The smallest absolute Gasteiger partial charge is 0.283 e. The topological polar surface area (TPSA) is 84.3 Å². The minimum absolute atomic E-state index is 0.0212. The van der Waals surface area contributed by atoms with Gasteiger partial charge >= 0.3 is 0 Å². The lowest BCUT2D eigenvalue weighted by molar-refractivity contribution is -0.385. The Labute approximate surface area is 125 Å². The highest BCUT2D eigenvalue weighted by Crippen LogP contribution is 2.27. The zero-order valence-electron chi connectivity index (χ0n) is 10.9. The van der Waals surface area contributed by atoms with Crippen LogP contribution in [0.4, 0.5) is 11.4 Å². The zero-order valence-corrected chi connectivity index (χ0v) is 12.5. The molecule has 1 fully saturated rings. The quantitative estimate of drug-likeness (QED) is 0.637. The summed E-state index contributed by atoms with van der Waals surface area (Å²) in [7, 11) is 0. The van der Waals surface area contributed by atoms with Crippen molar-refractivity contribution < 1.29 is 9.72 Å². The van der Waals surface area contributed by atoms with Crippen molar-refractivity contribution in [1.82, 2.24) is 5.32 Å². The summed E-state index contributed by atoms with van der Waals surface area (Å²) in [5.74, 6) is -0.141. The summed E-state index contributed by atoms with van der Waals surface area (Å²) in [6.45, 7) is 0.263. The van der Waals surface area contributed by atoms with Crippen LogP contribution in [0.2, 0.25) is 0 Å². The molecule has 0 spiro atoms. The van der Waals surface area contributed by atoms with Crippen molar-refractivity contribution in [2.24, 2.45) is 0 Å². The van der Waals surface area contributed by atoms with Crippen LogP contribution in [0.15, 0.2) is 22.7 Å². The maximum atomic E-state index is 11.8. The van der Waals surface area contributed by atoms with Gasteiger partial charge in [-0.15, -0.1) is 0 Å². The number of hydrogen-bond acceptors (Lipinski definition) is 4. The van der Waals surface area contributed by atoms with Crippen LogP contribution in [0.3, 0.4) is 0 Å². The molecule has 1 aliphatic rings. The number of nitro benzene ring substituents is 1. The maximum absolute atomic E-state index is 11.8. The number of rotatable bonds is 5. The van der Waals surface area contributed by atoms with E-state index < -0.39 is 4.92 Å². The SMILES string of the molecule is O=C(CNC1CCCC1)Nc1ccc([N+](=O)[O-])c(Br)c1. The van der Waals surface area contributed by atoms with Gasteiger partial charge in [0.15, 0.2) is 0 Å². The van der Waals surface area contributed by atoms with E-state index in [2.05, 4.69) is 26.6 Å². The van der Waals surface area contributed by atoms with Crippen LogP contribution < -0.4 is 10.6 Å². The van der Waals surface area contributed by atoms with Gasteiger partial charge in [0, 0.05) is 17.8 Å². The van der Waals surface area contributed by atoms with Gasteiger partial charge in [-0.05, 0) is 40.9 Å². The molecule has 1 aliphatic carbocycles. The van der Waals surface area contributed by atoms with Crippen LogP contribution >= 0.6 is 15.9 Å². The van der Waals surface area contributed by atoms with Crippen LogP contribution in [0.5, 0.6) is 0 Å². The minimum Gasteiger partial charge on any atom is -0.325 e. The molecule has 0 radical (unpaired) electrons. The van der Waals surface area contributed by atoms with Crippen molar-refractivity contribution in [3.05, 3.63) is 32.8 Å². The van der Waals surface area contributed by atoms with Crippen molar-refractivity contribution in [2.75, 3.05) is 11.9 Å². The number of nitro groups is 1. The molecule has 1 aromatic carbocycles. The highest BCUT2D eigenvalue weighted by Gasteiger charge is 2.16. The molecule has 1 aromatic rings. The number of anilines is 1. The second-order valence-corrected chi connectivity index (χ2v) is 5.69. The summed E-state index contributed by atoms with van der Waals surface area (Å²) < 4.78 is 0.351. The molecule has 0 unspecified atom stereocenters. The van der Waals surface area contributed by atoms with Crippen LogP contribution in [-0.2, 0) is 4.79 Å². The molecule has 0 heterocycles. The van der Waals surface area contributed by atoms with E-state index in [1.807, 2.05) is 0 Å². The van der Waals surface area contributed by atoms with E-state index in [4.69, 9.17) is 0 Å². The Kier molecular flexibility index (Phi) is 5.08. The normalized spacial score (nSPS) is 15.2. The summed E-state index contributed by atoms with van der Waals surface area (Å²) >= 11 is 3.12. The number of benzene rings is 1. The van der Waals surface area contributed by atoms with Crippen molar-refractivity contribution in [2.45, 2.75) is 31.7 Å². The Morgan fingerprint density at radius 2 is 2.10 bits per heavy atom. The molecule has 108 valence electrons. The molecule has 20 heavy (non-hydrogen) atoms. The lowest BCUT2D eigenvalue weighted by Gasteiger charge is -2.11. The summed E-state index contributed by atoms with van der Waals surface area (Å²) in [5.41, 5.74) is 0.521. The lowest BCUT2D eigenvalue weighted by Crippen LogP contribution is -2.34. The summed E-state index contributed by atoms with van der Waals surface area (Å²) in [5, 5.41) is 16.6. The molecule has 2 rings (SSSR count). The van der Waals surface area contributed by atoms with Gasteiger partial charge in [-0.1, -0.05) is 12.8 Å². The molecule has 2 N–H and O–H groups in total. The van der Waals surface area contributed by atoms with E-state index in [0.717, 1.165) is 12.8 Å². The van der Waals surface area contributed by atoms with Crippen molar-refractivity contribution in [1.29, 1.82) is 0 Å². The Balaban J connectivity index is 1.87. The Hall–Kier alpha value is -1.47. The molecular formula is C13H16BrN3O3. The van der Waals surface area contributed by atoms with Crippen molar-refractivity contribution >= 4 is 33.2 Å². The molecule has 0 aliphatic heterocycles. The van der Waals surface area contributed by atoms with Gasteiger partial charge in [-0.3, -0.25) is 14.9 Å². The third-order valence-electron chi connectivity index (χ3n) is 3.33. The first-order valence-corrected chi connectivity index (χ1v) is 7.33. The molecule has 7 heteroatoms. The molecule has 1 amide bonds. The molecule has 1 saturated carbocycles. The van der Waals surface area contributed by atoms with E-state index in [9.17, 15) is 14.9 Å². The number of carbonyl (C=O) groups is 1. The van der Waals surface area contributed by atoms with E-state index >= 15 is 0 Å². The monoisotopic (exact) mass is 341 g/mol. The van der Waals surface area contributed by atoms with Gasteiger partial charge in [0.25, 0.3) is 5.69 Å². The molecule has 0 atom stereocenters. The third kappa shape index (κ3) is 4.01. The number of nitrogens with zero attached hydrogens (tertiary/aromatic N) is 1. The number of halogens is 1. The average molecular weight is 342 g/mol. The Morgan fingerprint density at radius 3 is 2.70 bits per heavy atom. The largest absolute Gasteiger partial charge is 0.325 e. The van der Waals surface area contributed by atoms with E-state index in [1.54, 1.807) is 0 Å². The van der Waals surface area contributed by atoms with E-state index in [0.29, 0.717) is 16.2 Å². The zero-order chi connectivity index (χ0) is 14.5. The summed E-state index contributed by atoms with van der Waals surface area (Å²) in [6.07, 6.45) is 4.68. The van der Waals surface area contributed by atoms with Crippen molar-refractivity contribution in [3.63, 3.8) is 0 Å². The van der Waals surface area contributed by atoms with E-state index in [-0.39, 0.29) is 18.1 Å². The van der Waals surface area contributed by atoms with Crippen LogP contribution in [-0.4, -0.2) is 23.4 Å². The van der Waals surface area contributed by atoms with E-state index in [1.165, 1.54) is 31.0 Å². The van der Waals surface area contributed by atoms with Crippen LogP contribution in [0.25, 0.3) is 0 Å². The number of amides is 1. The first kappa shape index (κ1) is 14.9. The van der Waals surface area contributed by atoms with Crippen LogP contribution in [0.1, 0.15) is 25.7 Å². The molecule has 0 bridgehead atoms. The van der Waals surface area contributed by atoms with Gasteiger partial charge in [0.05, 0.1) is 15.9 Å². The summed E-state index contributed by atoms with van der Waals surface area (Å²) in [6, 6.07) is 4.86. The van der Waals surface area contributed by atoms with Gasteiger partial charge in [-0.2, -0.15) is 0 Å². The highest BCUT2D eigenvalue weighted by molar-refractivity contribution is 9.10. The fourth-order valence-corrected chi connectivity index (χ4v) is 2.83. The molecule has 6 nitrogen and oxygen atoms in total. The molecule has 0 aromatic heterocycles. The van der Waals surface area contributed by atoms with Crippen molar-refractivity contribution in [3.8, 4) is 0 Å². The number of hydrogen-bond donors (Lipinski definition) is 2. The van der Waals surface area contributed by atoms with Gasteiger partial charge in [-0.25, -0.2) is 0 Å². The molecule has 0 saturated heterocycles. The predicted molar refractivity (Wildman–Crippen MR) is 79.7 cm³/mol. The summed E-state index contributed by atoms with van der Waals surface area (Å²) in [4.78, 5) is 22.0. The number of carbonyl (C=O) groups excluding carboxylic acids is 1. The second-order valence-electron chi connectivity index (χ2n) is 4.83. The molecular weight excluding hydrogens is 326 g/mol.